The third-order valence-corrected chi connectivity index (χ3v) is 8.65. The lowest BCUT2D eigenvalue weighted by atomic mass is 9.89. The van der Waals surface area contributed by atoms with Gasteiger partial charge in [-0.05, 0) is 76.8 Å². The molecule has 3 N–H and O–H groups in total. The normalized spacial score (nSPS) is 14.3. The number of nitrogens with zero attached hydrogens (tertiary/aromatic N) is 2. The van der Waals surface area contributed by atoms with Crippen LogP contribution in [0.2, 0.25) is 5.02 Å². The maximum absolute atomic E-state index is 12.1. The highest BCUT2D eigenvalue weighted by atomic mass is 35.5. The third kappa shape index (κ3) is 7.54. The van der Waals surface area contributed by atoms with Crippen molar-refractivity contribution in [3.8, 4) is 22.9 Å². The number of nitriles is 1. The van der Waals surface area contributed by atoms with Crippen molar-refractivity contribution in [2.24, 2.45) is 0 Å². The van der Waals surface area contributed by atoms with Gasteiger partial charge >= 0.3 is 11.9 Å². The number of methoxy groups -OCH3 is 1. The van der Waals surface area contributed by atoms with Crippen molar-refractivity contribution in [3.63, 3.8) is 0 Å². The molecule has 0 aliphatic heterocycles. The maximum Gasteiger partial charge on any atom is 0.323 e. The summed E-state index contributed by atoms with van der Waals surface area (Å²) in [7, 11) is 1.39. The number of esters is 1. The topological polar surface area (TPSA) is 142 Å². The monoisotopic (exact) mass is 639 g/mol. The summed E-state index contributed by atoms with van der Waals surface area (Å²) in [6.45, 7) is -0.330. The van der Waals surface area contributed by atoms with Gasteiger partial charge in [-0.1, -0.05) is 54.1 Å². The summed E-state index contributed by atoms with van der Waals surface area (Å²) in [5.41, 5.74) is 8.19. The largest absolute Gasteiger partial charge is 0.489 e. The summed E-state index contributed by atoms with van der Waals surface area (Å²) in [4.78, 5) is 27.7. The van der Waals surface area contributed by atoms with Gasteiger partial charge in [-0.2, -0.15) is 5.26 Å². The third-order valence-electron chi connectivity index (χ3n) is 8.30. The number of hydrogen-bond acceptors (Lipinski definition) is 8. The molecule has 9 nitrogen and oxygen atoms in total. The number of carbonyl (C=O) groups excluding carboxylic acids is 1. The molecule has 5 rings (SSSR count). The van der Waals surface area contributed by atoms with Crippen molar-refractivity contribution >= 4 is 23.5 Å². The number of benzene rings is 3. The van der Waals surface area contributed by atoms with Crippen LogP contribution in [-0.2, 0) is 46.7 Å². The van der Waals surface area contributed by atoms with Gasteiger partial charge in [0.1, 0.15) is 24.5 Å². The molecule has 1 aliphatic rings. The van der Waals surface area contributed by atoms with Crippen LogP contribution in [0.3, 0.4) is 0 Å². The number of halogens is 1. The molecule has 236 valence electrons. The van der Waals surface area contributed by atoms with Gasteiger partial charge < -0.3 is 19.7 Å². The second kappa shape index (κ2) is 15.0. The molecule has 0 fully saturated rings. The molecule has 10 heteroatoms. The number of carbonyl (C=O) groups is 2. The predicted octanol–water partition coefficient (Wildman–Crippen LogP) is 5.38. The molecule has 4 aromatic rings. The van der Waals surface area contributed by atoms with Crippen molar-refractivity contribution in [1.82, 2.24) is 10.3 Å². The Morgan fingerprint density at radius 3 is 2.65 bits per heavy atom. The zero-order valence-corrected chi connectivity index (χ0v) is 26.1. The van der Waals surface area contributed by atoms with Gasteiger partial charge in [-0.25, -0.2) is 0 Å². The van der Waals surface area contributed by atoms with E-state index >= 15 is 0 Å². The van der Waals surface area contributed by atoms with Crippen LogP contribution >= 0.6 is 11.6 Å². The minimum atomic E-state index is -1.17. The van der Waals surface area contributed by atoms with Crippen LogP contribution in [0.4, 0.5) is 0 Å². The molecule has 3 aromatic carbocycles. The van der Waals surface area contributed by atoms with Crippen LogP contribution in [0.25, 0.3) is 11.1 Å². The van der Waals surface area contributed by atoms with E-state index in [1.165, 1.54) is 24.4 Å². The molecule has 1 aromatic heterocycles. The molecule has 46 heavy (non-hydrogen) atoms. The Bertz CT molecular complexity index is 1790. The Kier molecular flexibility index (Phi) is 10.7. The van der Waals surface area contributed by atoms with E-state index in [4.69, 9.17) is 21.1 Å². The number of aromatic nitrogens is 1. The fraction of sp³-hybridized carbons (Fsp3) is 0.278. The predicted molar refractivity (Wildman–Crippen MR) is 172 cm³/mol. The van der Waals surface area contributed by atoms with Gasteiger partial charge in [0.15, 0.2) is 0 Å². The molecule has 1 aliphatic carbocycles. The molecular weight excluding hydrogens is 606 g/mol. The standard InChI is InChI=1S/C36H34ClN3O6/c1-45-35(42)15-24-5-2-3-6-28(24)30-8-4-7-29-25(9-10-31(29)30)12-26-14-34(46-21-23-11-22(16-38)17-39-18-23)27(13-32(26)37)19-40-33(20-41)36(43)44/h2-8,11,13-14,17-18,25,33,40-41H,9-10,12,15,19-21H2,1H3,(H,43,44)/t25-,33?/m1/s1. The van der Waals surface area contributed by atoms with Crippen molar-refractivity contribution in [2.75, 3.05) is 13.7 Å². The first-order valence-electron chi connectivity index (χ1n) is 14.9. The molecule has 0 saturated heterocycles. The molecule has 1 unspecified atom stereocenters. The van der Waals surface area contributed by atoms with Gasteiger partial charge in [0.05, 0.1) is 25.7 Å². The fourth-order valence-corrected chi connectivity index (χ4v) is 6.22. The van der Waals surface area contributed by atoms with Gasteiger partial charge in [-0.3, -0.25) is 19.9 Å². The Labute approximate surface area is 272 Å². The quantitative estimate of drug-likeness (QED) is 0.164. The summed E-state index contributed by atoms with van der Waals surface area (Å²) in [6, 6.07) is 20.5. The summed E-state index contributed by atoms with van der Waals surface area (Å²) in [6.07, 6.45) is 5.75. The number of fused-ring (bicyclic) bond motifs is 1. The van der Waals surface area contributed by atoms with Crippen molar-refractivity contribution in [3.05, 3.63) is 117 Å². The van der Waals surface area contributed by atoms with Gasteiger partial charge in [0.25, 0.3) is 0 Å². The molecule has 2 atom stereocenters. The number of nitrogens with one attached hydrogen (secondary N) is 1. The van der Waals surface area contributed by atoms with Crippen LogP contribution in [0.15, 0.2) is 73.1 Å². The number of rotatable bonds is 13. The smallest absolute Gasteiger partial charge is 0.323 e. The summed E-state index contributed by atoms with van der Waals surface area (Å²) in [5, 5.41) is 31.5. The SMILES string of the molecule is COC(=O)Cc1ccccc1-c1cccc2c1CC[C@@H]2Cc1cc(OCc2cncc(C#N)c2)c(CNC(CO)C(=O)O)cc1Cl. The van der Waals surface area contributed by atoms with E-state index in [0.717, 1.165) is 35.1 Å². The van der Waals surface area contributed by atoms with E-state index in [-0.39, 0.29) is 31.5 Å². The lowest BCUT2D eigenvalue weighted by molar-refractivity contribution is -0.141. The summed E-state index contributed by atoms with van der Waals surface area (Å²) < 4.78 is 11.1. The molecule has 1 heterocycles. The Hall–Kier alpha value is -4.75. The number of hydrogen-bond donors (Lipinski definition) is 3. The number of ether oxygens (including phenoxy) is 2. The van der Waals surface area contributed by atoms with Crippen LogP contribution in [0.5, 0.6) is 5.75 Å². The van der Waals surface area contributed by atoms with E-state index in [1.54, 1.807) is 18.3 Å². The average molecular weight is 640 g/mol. The lowest BCUT2D eigenvalue weighted by Crippen LogP contribution is -2.39. The number of aliphatic hydroxyl groups is 1. The number of carboxylic acids is 1. The first-order valence-corrected chi connectivity index (χ1v) is 15.3. The van der Waals surface area contributed by atoms with Crippen LogP contribution in [0, 0.1) is 11.3 Å². The average Bonchev–Trinajstić information content (AvgIpc) is 3.48. The second-order valence-corrected chi connectivity index (χ2v) is 11.6. The molecule has 0 saturated carbocycles. The Morgan fingerprint density at radius 1 is 1.09 bits per heavy atom. The van der Waals surface area contributed by atoms with Crippen LogP contribution in [0.1, 0.15) is 51.3 Å². The zero-order chi connectivity index (χ0) is 32.6. The van der Waals surface area contributed by atoms with E-state index in [9.17, 15) is 25.1 Å². The fourth-order valence-electron chi connectivity index (χ4n) is 5.95. The summed E-state index contributed by atoms with van der Waals surface area (Å²) >= 11 is 6.85. The Morgan fingerprint density at radius 2 is 1.89 bits per heavy atom. The second-order valence-electron chi connectivity index (χ2n) is 11.2. The number of carboxylic acid groups (broad SMARTS) is 1. The van der Waals surface area contributed by atoms with Crippen LogP contribution in [-0.4, -0.2) is 46.9 Å². The lowest BCUT2D eigenvalue weighted by Gasteiger charge is -2.19. The minimum absolute atomic E-state index is 0.101. The summed E-state index contributed by atoms with van der Waals surface area (Å²) in [5.74, 6) is -0.744. The Balaban J connectivity index is 1.43. The van der Waals surface area contributed by atoms with Gasteiger partial charge in [0.2, 0.25) is 0 Å². The highest BCUT2D eigenvalue weighted by molar-refractivity contribution is 6.31. The molecular formula is C36H34ClN3O6. The highest BCUT2D eigenvalue weighted by Crippen LogP contribution is 2.43. The molecule has 0 bridgehead atoms. The van der Waals surface area contributed by atoms with E-state index in [2.05, 4.69) is 34.6 Å². The van der Waals surface area contributed by atoms with Crippen molar-refractivity contribution in [2.45, 2.75) is 50.8 Å². The van der Waals surface area contributed by atoms with E-state index in [0.29, 0.717) is 33.9 Å². The first kappa shape index (κ1) is 32.6. The number of aliphatic carboxylic acids is 1. The van der Waals surface area contributed by atoms with Gasteiger partial charge in [-0.15, -0.1) is 0 Å². The number of pyridine rings is 1. The van der Waals surface area contributed by atoms with Crippen molar-refractivity contribution in [1.29, 1.82) is 5.26 Å². The van der Waals surface area contributed by atoms with E-state index in [1.807, 2.05) is 30.3 Å². The maximum atomic E-state index is 12.1. The van der Waals surface area contributed by atoms with Gasteiger partial charge in [0, 0.05) is 35.1 Å². The molecule has 0 radical (unpaired) electrons. The molecule has 0 amide bonds. The highest BCUT2D eigenvalue weighted by Gasteiger charge is 2.27. The first-order chi connectivity index (χ1) is 22.3. The number of aliphatic hydroxyl groups excluding tert-OH is 1. The van der Waals surface area contributed by atoms with Crippen molar-refractivity contribution < 1.29 is 29.3 Å². The molecule has 0 spiro atoms. The minimum Gasteiger partial charge on any atom is -0.489 e. The zero-order valence-electron chi connectivity index (χ0n) is 25.3. The van der Waals surface area contributed by atoms with E-state index < -0.39 is 18.6 Å². The van der Waals surface area contributed by atoms with Crippen LogP contribution < -0.4 is 10.1 Å².